The zero-order chi connectivity index (χ0) is 25.9. The van der Waals surface area contributed by atoms with Gasteiger partial charge in [0.25, 0.3) is 11.6 Å². The molecule has 10 nitrogen and oxygen atoms in total. The van der Waals surface area contributed by atoms with Crippen LogP contribution in [0.1, 0.15) is 34.8 Å². The van der Waals surface area contributed by atoms with Crippen molar-refractivity contribution in [2.24, 2.45) is 5.10 Å². The number of ether oxygens (including phenoxy) is 4. The monoisotopic (exact) mass is 493 g/mol. The Morgan fingerprint density at radius 1 is 0.944 bits per heavy atom. The van der Waals surface area contributed by atoms with Gasteiger partial charge in [-0.1, -0.05) is 6.92 Å². The van der Waals surface area contributed by atoms with E-state index in [1.807, 2.05) is 6.92 Å². The highest BCUT2D eigenvalue weighted by Crippen LogP contribution is 2.29. The van der Waals surface area contributed by atoms with Crippen molar-refractivity contribution in [2.75, 3.05) is 20.8 Å². The topological polar surface area (TPSA) is 122 Å². The highest BCUT2D eigenvalue weighted by atomic mass is 16.6. The van der Waals surface area contributed by atoms with E-state index in [0.717, 1.165) is 12.0 Å². The van der Waals surface area contributed by atoms with E-state index in [9.17, 15) is 14.9 Å². The Morgan fingerprint density at radius 2 is 1.61 bits per heavy atom. The molecule has 0 atom stereocenters. The minimum atomic E-state index is -0.452. The average Bonchev–Trinajstić information content (AvgIpc) is 2.91. The molecule has 0 bridgehead atoms. The predicted octanol–water partition coefficient (Wildman–Crippen LogP) is 4.74. The molecule has 3 rings (SSSR count). The summed E-state index contributed by atoms with van der Waals surface area (Å²) in [6, 6.07) is 16.2. The van der Waals surface area contributed by atoms with Crippen LogP contribution in [0.3, 0.4) is 0 Å². The second-order valence-corrected chi connectivity index (χ2v) is 7.54. The molecular weight excluding hydrogens is 466 g/mol. The molecular formula is C26H27N3O7. The van der Waals surface area contributed by atoms with Crippen molar-refractivity contribution in [2.45, 2.75) is 20.0 Å². The number of nitrogens with zero attached hydrogens (tertiary/aromatic N) is 2. The van der Waals surface area contributed by atoms with Gasteiger partial charge in [0.1, 0.15) is 6.61 Å². The summed E-state index contributed by atoms with van der Waals surface area (Å²) in [7, 11) is 3.03. The number of benzene rings is 3. The normalized spacial score (nSPS) is 10.6. The van der Waals surface area contributed by atoms with Gasteiger partial charge in [0, 0.05) is 17.7 Å². The van der Waals surface area contributed by atoms with Gasteiger partial charge >= 0.3 is 0 Å². The lowest BCUT2D eigenvalue weighted by molar-refractivity contribution is -0.384. The van der Waals surface area contributed by atoms with E-state index in [2.05, 4.69) is 10.5 Å². The maximum absolute atomic E-state index is 12.5. The molecule has 0 fully saturated rings. The summed E-state index contributed by atoms with van der Waals surface area (Å²) in [4.78, 5) is 22.8. The van der Waals surface area contributed by atoms with Crippen molar-refractivity contribution in [3.63, 3.8) is 0 Å². The van der Waals surface area contributed by atoms with Crippen LogP contribution in [0.2, 0.25) is 0 Å². The zero-order valence-corrected chi connectivity index (χ0v) is 20.2. The van der Waals surface area contributed by atoms with E-state index in [-0.39, 0.29) is 12.3 Å². The lowest BCUT2D eigenvalue weighted by Crippen LogP contribution is -2.17. The number of non-ortho nitro benzene ring substituents is 1. The molecule has 0 aliphatic carbocycles. The van der Waals surface area contributed by atoms with Crippen molar-refractivity contribution in [3.05, 3.63) is 87.5 Å². The first-order valence-corrected chi connectivity index (χ1v) is 11.1. The Balaban J connectivity index is 1.61. The number of nitrogens with one attached hydrogen (secondary N) is 1. The number of hydrazone groups is 1. The third-order valence-electron chi connectivity index (χ3n) is 5.00. The molecule has 0 aromatic heterocycles. The number of amides is 1. The minimum absolute atomic E-state index is 0.0178. The number of carbonyl (C=O) groups is 1. The van der Waals surface area contributed by atoms with Gasteiger partial charge in [-0.05, 0) is 66.1 Å². The van der Waals surface area contributed by atoms with Gasteiger partial charge < -0.3 is 18.9 Å². The summed E-state index contributed by atoms with van der Waals surface area (Å²) in [6.45, 7) is 2.77. The second-order valence-electron chi connectivity index (χ2n) is 7.54. The van der Waals surface area contributed by atoms with Crippen LogP contribution in [0.25, 0.3) is 0 Å². The molecule has 1 N–H and O–H groups in total. The summed E-state index contributed by atoms with van der Waals surface area (Å²) in [5.41, 5.74) is 4.33. The Labute approximate surface area is 208 Å². The number of carbonyl (C=O) groups excluding carboxylic acids is 1. The Kier molecular flexibility index (Phi) is 9.21. The predicted molar refractivity (Wildman–Crippen MR) is 134 cm³/mol. The number of nitro groups is 1. The van der Waals surface area contributed by atoms with Crippen molar-refractivity contribution < 1.29 is 28.7 Å². The lowest BCUT2D eigenvalue weighted by atomic mass is 10.2. The van der Waals surface area contributed by atoms with Gasteiger partial charge in [-0.2, -0.15) is 5.10 Å². The smallest absolute Gasteiger partial charge is 0.271 e. The van der Waals surface area contributed by atoms with Gasteiger partial charge in [-0.3, -0.25) is 14.9 Å². The lowest BCUT2D eigenvalue weighted by Gasteiger charge is -2.11. The second kappa shape index (κ2) is 12.7. The Hall–Kier alpha value is -4.60. The maximum atomic E-state index is 12.5. The average molecular weight is 494 g/mol. The van der Waals surface area contributed by atoms with Crippen LogP contribution in [-0.4, -0.2) is 37.9 Å². The van der Waals surface area contributed by atoms with Crippen molar-refractivity contribution in [3.8, 4) is 23.0 Å². The molecule has 36 heavy (non-hydrogen) atoms. The molecule has 1 amide bonds. The molecule has 0 spiro atoms. The standard InChI is InChI=1S/C26H27N3O7/c1-4-13-35-22-12-8-20(15-25(22)34-3)26(30)28-27-16-19-7-11-23(24(14-19)33-2)36-17-18-5-9-21(10-6-18)29(31)32/h5-12,14-16H,4,13,17H2,1-3H3,(H,28,30)/b27-16+. The van der Waals surface area contributed by atoms with E-state index in [1.54, 1.807) is 48.5 Å². The molecule has 3 aromatic carbocycles. The van der Waals surface area contributed by atoms with Gasteiger partial charge in [-0.25, -0.2) is 5.43 Å². The van der Waals surface area contributed by atoms with Crippen LogP contribution in [0, 0.1) is 10.1 Å². The van der Waals surface area contributed by atoms with Gasteiger partial charge in [-0.15, -0.1) is 0 Å². The van der Waals surface area contributed by atoms with Crippen LogP contribution >= 0.6 is 0 Å². The fourth-order valence-corrected chi connectivity index (χ4v) is 3.13. The fraction of sp³-hybridized carbons (Fsp3) is 0.231. The third-order valence-corrected chi connectivity index (χ3v) is 5.00. The molecule has 10 heteroatoms. The molecule has 3 aromatic rings. The van der Waals surface area contributed by atoms with Gasteiger partial charge in [0.15, 0.2) is 23.0 Å². The molecule has 188 valence electrons. The van der Waals surface area contributed by atoms with Crippen LogP contribution in [0.15, 0.2) is 65.8 Å². The van der Waals surface area contributed by atoms with E-state index in [4.69, 9.17) is 18.9 Å². The van der Waals surface area contributed by atoms with Crippen LogP contribution in [0.5, 0.6) is 23.0 Å². The SMILES string of the molecule is CCCOc1ccc(C(=O)N/N=C/c2ccc(OCc3ccc([N+](=O)[O-])cc3)c(OC)c2)cc1OC. The molecule has 0 heterocycles. The molecule has 0 aliphatic heterocycles. The largest absolute Gasteiger partial charge is 0.493 e. The maximum Gasteiger partial charge on any atom is 0.271 e. The van der Waals surface area contributed by atoms with Gasteiger partial charge in [0.05, 0.1) is 32.0 Å². The summed E-state index contributed by atoms with van der Waals surface area (Å²) in [5.74, 6) is 1.60. The molecule has 0 saturated heterocycles. The highest BCUT2D eigenvalue weighted by molar-refractivity contribution is 5.95. The Bertz CT molecular complexity index is 1230. The molecule has 0 saturated carbocycles. The summed E-state index contributed by atoms with van der Waals surface area (Å²) in [5, 5.41) is 14.8. The molecule has 0 unspecified atom stereocenters. The van der Waals surface area contributed by atoms with E-state index >= 15 is 0 Å². The number of hydrogen-bond acceptors (Lipinski definition) is 8. The molecule has 0 aliphatic rings. The van der Waals surface area contributed by atoms with Crippen molar-refractivity contribution in [1.82, 2.24) is 5.43 Å². The number of methoxy groups -OCH3 is 2. The van der Waals surface area contributed by atoms with Crippen LogP contribution < -0.4 is 24.4 Å². The first-order chi connectivity index (χ1) is 17.4. The van der Waals surface area contributed by atoms with Crippen LogP contribution in [0.4, 0.5) is 5.69 Å². The van der Waals surface area contributed by atoms with E-state index < -0.39 is 10.8 Å². The number of rotatable bonds is 12. The van der Waals surface area contributed by atoms with Gasteiger partial charge in [0.2, 0.25) is 0 Å². The minimum Gasteiger partial charge on any atom is -0.493 e. The first-order valence-electron chi connectivity index (χ1n) is 11.1. The third kappa shape index (κ3) is 6.95. The highest BCUT2D eigenvalue weighted by Gasteiger charge is 2.11. The van der Waals surface area contributed by atoms with Crippen molar-refractivity contribution in [1.29, 1.82) is 0 Å². The number of nitro benzene ring substituents is 1. The quantitative estimate of drug-likeness (QED) is 0.220. The van der Waals surface area contributed by atoms with E-state index in [1.165, 1.54) is 32.6 Å². The number of hydrogen-bond donors (Lipinski definition) is 1. The Morgan fingerprint density at radius 3 is 2.28 bits per heavy atom. The summed E-state index contributed by atoms with van der Waals surface area (Å²) < 4.78 is 22.1. The molecule has 0 radical (unpaired) electrons. The first kappa shape index (κ1) is 26.0. The summed E-state index contributed by atoms with van der Waals surface area (Å²) >= 11 is 0. The van der Waals surface area contributed by atoms with Crippen molar-refractivity contribution >= 4 is 17.8 Å². The fourth-order valence-electron chi connectivity index (χ4n) is 3.13. The van der Waals surface area contributed by atoms with E-state index in [0.29, 0.717) is 40.7 Å². The summed E-state index contributed by atoms with van der Waals surface area (Å²) in [6.07, 6.45) is 2.34. The van der Waals surface area contributed by atoms with Crippen LogP contribution in [-0.2, 0) is 6.61 Å². The zero-order valence-electron chi connectivity index (χ0n) is 20.2.